The summed E-state index contributed by atoms with van der Waals surface area (Å²) in [5.41, 5.74) is 4.49. The number of rotatable bonds is 4. The van der Waals surface area contributed by atoms with Gasteiger partial charge in [0.15, 0.2) is 0 Å². The Labute approximate surface area is 102 Å². The molecule has 0 bridgehead atoms. The van der Waals surface area contributed by atoms with Crippen molar-refractivity contribution in [2.24, 2.45) is 0 Å². The summed E-state index contributed by atoms with van der Waals surface area (Å²) < 4.78 is 1.96. The third-order valence-corrected chi connectivity index (χ3v) is 2.88. The molecule has 0 saturated heterocycles. The molecule has 1 aromatic heterocycles. The minimum absolute atomic E-state index is 0.195. The van der Waals surface area contributed by atoms with Gasteiger partial charge in [-0.25, -0.2) is 4.68 Å². The lowest BCUT2D eigenvalue weighted by molar-refractivity contribution is 0.299. The molecule has 0 saturated carbocycles. The quantitative estimate of drug-likeness (QED) is 0.875. The molecule has 0 aliphatic carbocycles. The molecule has 0 aliphatic rings. The fraction of sp³-hybridized carbons (Fsp3) is 0.357. The molecule has 1 aromatic carbocycles. The van der Waals surface area contributed by atoms with Crippen LogP contribution in [0.3, 0.4) is 0 Å². The van der Waals surface area contributed by atoms with Crippen molar-refractivity contribution < 1.29 is 5.11 Å². The molecule has 17 heavy (non-hydrogen) atoms. The van der Waals surface area contributed by atoms with Crippen LogP contribution in [-0.2, 0) is 12.8 Å². The molecule has 1 heterocycles. The van der Waals surface area contributed by atoms with Gasteiger partial charge in [0.25, 0.3) is 0 Å². The first-order valence-electron chi connectivity index (χ1n) is 6.00. The highest BCUT2D eigenvalue weighted by Crippen LogP contribution is 2.13. The van der Waals surface area contributed by atoms with Gasteiger partial charge in [0.05, 0.1) is 11.4 Å². The molecule has 3 nitrogen and oxygen atoms in total. The zero-order valence-corrected chi connectivity index (χ0v) is 10.3. The van der Waals surface area contributed by atoms with Crippen molar-refractivity contribution in [2.75, 3.05) is 6.61 Å². The van der Waals surface area contributed by atoms with Gasteiger partial charge in [0, 0.05) is 12.3 Å². The first-order chi connectivity index (χ1) is 8.24. The molecule has 0 aliphatic heterocycles. The van der Waals surface area contributed by atoms with Crippen LogP contribution in [0, 0.1) is 6.92 Å². The summed E-state index contributed by atoms with van der Waals surface area (Å²) in [7, 11) is 0. The van der Waals surface area contributed by atoms with Crippen LogP contribution in [0.25, 0.3) is 5.69 Å². The molecule has 0 spiro atoms. The molecule has 0 radical (unpaired) electrons. The molecule has 0 fully saturated rings. The summed E-state index contributed by atoms with van der Waals surface area (Å²) in [6, 6.07) is 10.3. The van der Waals surface area contributed by atoms with E-state index in [1.165, 1.54) is 0 Å². The first kappa shape index (κ1) is 11.9. The molecular weight excluding hydrogens is 212 g/mol. The minimum Gasteiger partial charge on any atom is -0.396 e. The van der Waals surface area contributed by atoms with E-state index < -0.39 is 0 Å². The van der Waals surface area contributed by atoms with Crippen molar-refractivity contribution in [1.29, 1.82) is 0 Å². The largest absolute Gasteiger partial charge is 0.396 e. The van der Waals surface area contributed by atoms with Gasteiger partial charge in [-0.2, -0.15) is 5.10 Å². The maximum absolute atomic E-state index is 8.87. The number of aryl methyl sites for hydroxylation is 2. The van der Waals surface area contributed by atoms with Crippen LogP contribution in [-0.4, -0.2) is 21.5 Å². The van der Waals surface area contributed by atoms with E-state index in [2.05, 4.69) is 25.0 Å². The number of nitrogens with zero attached hydrogens (tertiary/aromatic N) is 2. The van der Waals surface area contributed by atoms with Crippen LogP contribution < -0.4 is 0 Å². The Kier molecular flexibility index (Phi) is 3.59. The highest BCUT2D eigenvalue weighted by molar-refractivity contribution is 5.36. The molecule has 0 amide bonds. The molecule has 0 unspecified atom stereocenters. The Balaban J connectivity index is 2.29. The SMILES string of the molecule is CCc1cc(C)n(-c2ccc(CCO)cc2)n1. The number of aromatic nitrogens is 2. The number of aliphatic hydroxyl groups is 1. The average Bonchev–Trinajstić information content (AvgIpc) is 2.72. The average molecular weight is 230 g/mol. The lowest BCUT2D eigenvalue weighted by atomic mass is 10.1. The van der Waals surface area contributed by atoms with Crippen molar-refractivity contribution in [3.05, 3.63) is 47.3 Å². The Bertz CT molecular complexity index is 485. The van der Waals surface area contributed by atoms with E-state index in [0.717, 1.165) is 29.1 Å². The topological polar surface area (TPSA) is 38.0 Å². The molecule has 3 heteroatoms. The number of benzene rings is 1. The number of hydrogen-bond donors (Lipinski definition) is 1. The summed E-state index contributed by atoms with van der Waals surface area (Å²) in [5.74, 6) is 0. The van der Waals surface area contributed by atoms with Crippen molar-refractivity contribution in [3.8, 4) is 5.69 Å². The standard InChI is InChI=1S/C14H18N2O/c1-3-13-10-11(2)16(15-13)14-6-4-12(5-7-14)8-9-17/h4-7,10,17H,3,8-9H2,1-2H3. The van der Waals surface area contributed by atoms with Crippen LogP contribution in [0.2, 0.25) is 0 Å². The maximum Gasteiger partial charge on any atom is 0.0648 e. The number of hydrogen-bond acceptors (Lipinski definition) is 2. The molecule has 0 atom stereocenters. The van der Waals surface area contributed by atoms with Crippen molar-refractivity contribution in [2.45, 2.75) is 26.7 Å². The van der Waals surface area contributed by atoms with E-state index in [1.807, 2.05) is 28.9 Å². The van der Waals surface area contributed by atoms with E-state index >= 15 is 0 Å². The minimum atomic E-state index is 0.195. The summed E-state index contributed by atoms with van der Waals surface area (Å²) in [5, 5.41) is 13.4. The Morgan fingerprint density at radius 3 is 2.47 bits per heavy atom. The second-order valence-electron chi connectivity index (χ2n) is 4.18. The molecule has 1 N–H and O–H groups in total. The second-order valence-corrected chi connectivity index (χ2v) is 4.18. The van der Waals surface area contributed by atoms with Gasteiger partial charge in [0.1, 0.15) is 0 Å². The zero-order valence-electron chi connectivity index (χ0n) is 10.3. The fourth-order valence-corrected chi connectivity index (χ4v) is 1.91. The van der Waals surface area contributed by atoms with Gasteiger partial charge in [-0.3, -0.25) is 0 Å². The van der Waals surface area contributed by atoms with Crippen LogP contribution >= 0.6 is 0 Å². The van der Waals surface area contributed by atoms with Crippen LogP contribution in [0.1, 0.15) is 23.9 Å². The van der Waals surface area contributed by atoms with Gasteiger partial charge in [-0.05, 0) is 43.5 Å². The Hall–Kier alpha value is -1.61. The van der Waals surface area contributed by atoms with Gasteiger partial charge < -0.3 is 5.11 Å². The third kappa shape index (κ3) is 2.56. The van der Waals surface area contributed by atoms with Crippen molar-refractivity contribution in [1.82, 2.24) is 9.78 Å². The van der Waals surface area contributed by atoms with Crippen LogP contribution in [0.4, 0.5) is 0 Å². The van der Waals surface area contributed by atoms with E-state index in [-0.39, 0.29) is 6.61 Å². The van der Waals surface area contributed by atoms with Gasteiger partial charge >= 0.3 is 0 Å². The van der Waals surface area contributed by atoms with Crippen molar-refractivity contribution in [3.63, 3.8) is 0 Å². The van der Waals surface area contributed by atoms with Gasteiger partial charge in [0.2, 0.25) is 0 Å². The summed E-state index contributed by atoms with van der Waals surface area (Å²) in [6.07, 6.45) is 1.66. The molecular formula is C14H18N2O. The summed E-state index contributed by atoms with van der Waals surface area (Å²) in [6.45, 7) is 4.37. The lowest BCUT2D eigenvalue weighted by Crippen LogP contribution is -2.00. The predicted octanol–water partition coefficient (Wildman–Crippen LogP) is 2.28. The van der Waals surface area contributed by atoms with Gasteiger partial charge in [-0.15, -0.1) is 0 Å². The molecule has 2 rings (SSSR count). The highest BCUT2D eigenvalue weighted by atomic mass is 16.2. The van der Waals surface area contributed by atoms with E-state index in [4.69, 9.17) is 5.11 Å². The third-order valence-electron chi connectivity index (χ3n) is 2.88. The van der Waals surface area contributed by atoms with Crippen LogP contribution in [0.5, 0.6) is 0 Å². The van der Waals surface area contributed by atoms with Crippen molar-refractivity contribution >= 4 is 0 Å². The molecule has 2 aromatic rings. The normalized spacial score (nSPS) is 10.8. The highest BCUT2D eigenvalue weighted by Gasteiger charge is 2.04. The fourth-order valence-electron chi connectivity index (χ4n) is 1.91. The number of aliphatic hydroxyl groups excluding tert-OH is 1. The zero-order chi connectivity index (χ0) is 12.3. The van der Waals surface area contributed by atoms with E-state index in [0.29, 0.717) is 6.42 Å². The molecule has 90 valence electrons. The second kappa shape index (κ2) is 5.15. The van der Waals surface area contributed by atoms with E-state index in [1.54, 1.807) is 0 Å². The van der Waals surface area contributed by atoms with Gasteiger partial charge in [-0.1, -0.05) is 19.1 Å². The van der Waals surface area contributed by atoms with E-state index in [9.17, 15) is 0 Å². The Morgan fingerprint density at radius 1 is 1.24 bits per heavy atom. The monoisotopic (exact) mass is 230 g/mol. The summed E-state index contributed by atoms with van der Waals surface area (Å²) >= 11 is 0. The Morgan fingerprint density at radius 2 is 1.94 bits per heavy atom. The van der Waals surface area contributed by atoms with Crippen LogP contribution in [0.15, 0.2) is 30.3 Å². The predicted molar refractivity (Wildman–Crippen MR) is 68.5 cm³/mol. The summed E-state index contributed by atoms with van der Waals surface area (Å²) in [4.78, 5) is 0. The maximum atomic E-state index is 8.87. The lowest BCUT2D eigenvalue weighted by Gasteiger charge is -2.05. The first-order valence-corrected chi connectivity index (χ1v) is 6.00. The smallest absolute Gasteiger partial charge is 0.0648 e.